The van der Waals surface area contributed by atoms with Gasteiger partial charge in [0.05, 0.1) is 0 Å². The van der Waals surface area contributed by atoms with Crippen LogP contribution in [-0.4, -0.2) is 19.6 Å². The first-order valence-corrected chi connectivity index (χ1v) is 10.8. The average Bonchev–Trinajstić information content (AvgIpc) is 3.08. The van der Waals surface area contributed by atoms with Crippen molar-refractivity contribution in [2.75, 3.05) is 0 Å². The Balaban J connectivity index is 1.65. The van der Waals surface area contributed by atoms with Crippen LogP contribution in [-0.2, 0) is 12.2 Å². The number of unbranched alkanes of at least 4 members (excludes halogenated alkanes) is 1. The highest BCUT2D eigenvalue weighted by atomic mass is 32.2. The molecule has 0 radical (unpaired) electrons. The molecule has 7 heteroatoms. The number of aryl methyl sites for hydroxylation is 3. The maximum Gasteiger partial charge on any atom is 0.336 e. The van der Waals surface area contributed by atoms with Crippen LogP contribution in [0.3, 0.4) is 0 Å². The summed E-state index contributed by atoms with van der Waals surface area (Å²) in [5.74, 6) is 1.21. The van der Waals surface area contributed by atoms with Crippen molar-refractivity contribution in [3.63, 3.8) is 0 Å². The quantitative estimate of drug-likeness (QED) is 0.337. The number of fused-ring (bicyclic) bond motifs is 2. The van der Waals surface area contributed by atoms with Crippen LogP contribution in [0.5, 0.6) is 0 Å². The lowest BCUT2D eigenvalue weighted by Crippen LogP contribution is -2.05. The molecule has 0 aliphatic rings. The van der Waals surface area contributed by atoms with Crippen LogP contribution in [0.25, 0.3) is 16.7 Å². The monoisotopic (exact) mass is 408 g/mol. The van der Waals surface area contributed by atoms with Crippen molar-refractivity contribution >= 4 is 28.5 Å². The molecule has 4 rings (SSSR count). The van der Waals surface area contributed by atoms with Gasteiger partial charge >= 0.3 is 5.63 Å². The first-order chi connectivity index (χ1) is 14.0. The second kappa shape index (κ2) is 7.99. The van der Waals surface area contributed by atoms with Gasteiger partial charge in [0.25, 0.3) is 5.78 Å². The van der Waals surface area contributed by atoms with E-state index < -0.39 is 0 Å². The Hall–Kier alpha value is -2.67. The summed E-state index contributed by atoms with van der Waals surface area (Å²) in [6, 6.07) is 7.46. The summed E-state index contributed by atoms with van der Waals surface area (Å²) in [5.41, 5.74) is 5.63. The minimum atomic E-state index is -0.338. The van der Waals surface area contributed by atoms with Crippen molar-refractivity contribution in [1.82, 2.24) is 19.6 Å². The molecular formula is C22H24N4O2S. The highest BCUT2D eigenvalue weighted by molar-refractivity contribution is 7.98. The molecule has 150 valence electrons. The molecule has 0 amide bonds. The maximum absolute atomic E-state index is 12.0. The molecule has 0 fully saturated rings. The summed E-state index contributed by atoms with van der Waals surface area (Å²) in [6.45, 7) is 8.29. The molecule has 0 aliphatic heterocycles. The number of nitrogens with zero attached hydrogens (tertiary/aromatic N) is 4. The second-order valence-corrected chi connectivity index (χ2v) is 8.29. The van der Waals surface area contributed by atoms with Crippen molar-refractivity contribution in [3.05, 3.63) is 62.8 Å². The fourth-order valence-electron chi connectivity index (χ4n) is 3.57. The standard InChI is InChI=1S/C22H24N4O2S/c1-5-6-7-17-14(3)23-21-24-22(25-26(21)15(17)4)29-12-16-11-20(27)28-19-10-13(2)8-9-18(16)19/h8-11H,5-7,12H2,1-4H3. The van der Waals surface area contributed by atoms with Crippen LogP contribution < -0.4 is 5.63 Å². The molecule has 1 aromatic carbocycles. The highest BCUT2D eigenvalue weighted by Gasteiger charge is 2.14. The van der Waals surface area contributed by atoms with Crippen molar-refractivity contribution in [2.24, 2.45) is 0 Å². The number of thioether (sulfide) groups is 1. The third-order valence-corrected chi connectivity index (χ3v) is 6.04. The Morgan fingerprint density at radius 3 is 2.76 bits per heavy atom. The van der Waals surface area contributed by atoms with Gasteiger partial charge in [0.15, 0.2) is 0 Å². The van der Waals surface area contributed by atoms with Gasteiger partial charge in [0, 0.05) is 28.6 Å². The maximum atomic E-state index is 12.0. The van der Waals surface area contributed by atoms with E-state index in [1.54, 1.807) is 6.07 Å². The number of hydrogen-bond donors (Lipinski definition) is 0. The zero-order valence-corrected chi connectivity index (χ0v) is 18.0. The van der Waals surface area contributed by atoms with E-state index in [9.17, 15) is 4.79 Å². The molecule has 3 heterocycles. The fraction of sp³-hybridized carbons (Fsp3) is 0.364. The molecule has 3 aromatic heterocycles. The number of benzene rings is 1. The van der Waals surface area contributed by atoms with E-state index in [2.05, 4.69) is 28.9 Å². The lowest BCUT2D eigenvalue weighted by atomic mass is 10.1. The smallest absolute Gasteiger partial charge is 0.336 e. The molecule has 0 bridgehead atoms. The normalized spacial score (nSPS) is 11.6. The summed E-state index contributed by atoms with van der Waals surface area (Å²) in [5, 5.41) is 6.26. The minimum absolute atomic E-state index is 0.338. The molecule has 6 nitrogen and oxygen atoms in total. The molecule has 4 aromatic rings. The van der Waals surface area contributed by atoms with Gasteiger partial charge in [-0.2, -0.15) is 4.98 Å². The zero-order chi connectivity index (χ0) is 20.5. The van der Waals surface area contributed by atoms with E-state index in [0.29, 0.717) is 22.3 Å². The Kier molecular flexibility index (Phi) is 5.41. The van der Waals surface area contributed by atoms with Gasteiger partial charge in [0.2, 0.25) is 5.16 Å². The van der Waals surface area contributed by atoms with Crippen molar-refractivity contribution < 1.29 is 4.42 Å². The largest absolute Gasteiger partial charge is 0.423 e. The predicted molar refractivity (Wildman–Crippen MR) is 116 cm³/mol. The van der Waals surface area contributed by atoms with Gasteiger partial charge in [-0.05, 0) is 56.4 Å². The van der Waals surface area contributed by atoms with E-state index in [1.165, 1.54) is 17.3 Å². The van der Waals surface area contributed by atoms with Crippen LogP contribution in [0.4, 0.5) is 0 Å². The predicted octanol–water partition coefficient (Wildman–Crippen LogP) is 4.79. The number of aromatic nitrogens is 4. The first kappa shape index (κ1) is 19.6. The summed E-state index contributed by atoms with van der Waals surface area (Å²) in [7, 11) is 0. The molecule has 0 saturated heterocycles. The van der Waals surface area contributed by atoms with Crippen LogP contribution in [0, 0.1) is 20.8 Å². The summed E-state index contributed by atoms with van der Waals surface area (Å²) >= 11 is 1.50. The Morgan fingerprint density at radius 2 is 1.97 bits per heavy atom. The van der Waals surface area contributed by atoms with Crippen molar-refractivity contribution in [2.45, 2.75) is 57.9 Å². The van der Waals surface area contributed by atoms with Gasteiger partial charge in [0.1, 0.15) is 5.58 Å². The van der Waals surface area contributed by atoms with E-state index in [1.807, 2.05) is 36.6 Å². The van der Waals surface area contributed by atoms with Crippen LogP contribution >= 0.6 is 11.8 Å². The van der Waals surface area contributed by atoms with Crippen LogP contribution in [0.2, 0.25) is 0 Å². The van der Waals surface area contributed by atoms with Gasteiger partial charge in [-0.1, -0.05) is 37.2 Å². The summed E-state index contributed by atoms with van der Waals surface area (Å²) in [4.78, 5) is 21.2. The molecular weight excluding hydrogens is 384 g/mol. The third kappa shape index (κ3) is 3.92. The molecule has 0 atom stereocenters. The van der Waals surface area contributed by atoms with E-state index in [-0.39, 0.29) is 5.63 Å². The Bertz CT molecular complexity index is 1260. The number of hydrogen-bond acceptors (Lipinski definition) is 6. The fourth-order valence-corrected chi connectivity index (χ4v) is 4.37. The second-order valence-electron chi connectivity index (χ2n) is 7.35. The van der Waals surface area contributed by atoms with Gasteiger partial charge < -0.3 is 4.42 Å². The zero-order valence-electron chi connectivity index (χ0n) is 17.2. The molecule has 0 spiro atoms. The molecule has 0 N–H and O–H groups in total. The van der Waals surface area contributed by atoms with E-state index in [4.69, 9.17) is 4.42 Å². The first-order valence-electron chi connectivity index (χ1n) is 9.85. The average molecular weight is 409 g/mol. The van der Waals surface area contributed by atoms with Gasteiger partial charge in [-0.25, -0.2) is 14.3 Å². The topological polar surface area (TPSA) is 73.3 Å². The van der Waals surface area contributed by atoms with Gasteiger partial charge in [-0.15, -0.1) is 5.10 Å². The van der Waals surface area contributed by atoms with Crippen LogP contribution in [0.15, 0.2) is 38.6 Å². The lowest BCUT2D eigenvalue weighted by molar-refractivity contribution is 0.559. The molecule has 0 unspecified atom stereocenters. The number of rotatable bonds is 6. The van der Waals surface area contributed by atoms with Gasteiger partial charge in [-0.3, -0.25) is 0 Å². The molecule has 0 saturated carbocycles. The Labute approximate surface area is 173 Å². The minimum Gasteiger partial charge on any atom is -0.423 e. The summed E-state index contributed by atoms with van der Waals surface area (Å²) < 4.78 is 7.18. The summed E-state index contributed by atoms with van der Waals surface area (Å²) in [6.07, 6.45) is 3.28. The van der Waals surface area contributed by atoms with E-state index >= 15 is 0 Å². The molecule has 0 aliphatic carbocycles. The van der Waals surface area contributed by atoms with Crippen molar-refractivity contribution in [3.8, 4) is 0 Å². The van der Waals surface area contributed by atoms with Crippen molar-refractivity contribution in [1.29, 1.82) is 0 Å². The third-order valence-electron chi connectivity index (χ3n) is 5.15. The Morgan fingerprint density at radius 1 is 1.14 bits per heavy atom. The SMILES string of the molecule is CCCCc1c(C)nc2nc(SCc3cc(=O)oc4cc(C)ccc34)nn2c1C. The highest BCUT2D eigenvalue weighted by Crippen LogP contribution is 2.26. The lowest BCUT2D eigenvalue weighted by Gasteiger charge is -2.09. The molecule has 29 heavy (non-hydrogen) atoms. The van der Waals surface area contributed by atoms with E-state index in [0.717, 1.165) is 47.2 Å². The van der Waals surface area contributed by atoms with Crippen LogP contribution in [0.1, 0.15) is 47.8 Å².